The molecule has 2 aromatic heterocycles. The summed E-state index contributed by atoms with van der Waals surface area (Å²) < 4.78 is 44.4. The van der Waals surface area contributed by atoms with Crippen molar-refractivity contribution in [1.29, 1.82) is 0 Å². The zero-order valence-corrected chi connectivity index (χ0v) is 17.3. The average Bonchev–Trinajstić information content (AvgIpc) is 3.13. The molecule has 3 aromatic rings. The van der Waals surface area contributed by atoms with Gasteiger partial charge in [-0.15, -0.1) is 0 Å². The van der Waals surface area contributed by atoms with Crippen molar-refractivity contribution in [2.24, 2.45) is 0 Å². The second kappa shape index (κ2) is 9.05. The lowest BCUT2D eigenvalue weighted by Crippen LogP contribution is -2.31. The fourth-order valence-electron chi connectivity index (χ4n) is 3.77. The van der Waals surface area contributed by atoms with Crippen molar-refractivity contribution in [2.75, 3.05) is 31.1 Å². The molecular formula is C22H24F3N5O. The quantitative estimate of drug-likeness (QED) is 0.596. The Bertz CT molecular complexity index is 1020. The van der Waals surface area contributed by atoms with E-state index in [0.717, 1.165) is 43.5 Å². The summed E-state index contributed by atoms with van der Waals surface area (Å²) in [6, 6.07) is 9.32. The molecule has 9 heteroatoms. The molecule has 0 unspecified atom stereocenters. The first-order valence-electron chi connectivity index (χ1n) is 10.4. The van der Waals surface area contributed by atoms with E-state index in [2.05, 4.69) is 24.9 Å². The molecule has 0 aliphatic carbocycles. The Labute approximate surface area is 178 Å². The van der Waals surface area contributed by atoms with E-state index in [0.29, 0.717) is 36.8 Å². The second-order valence-electron chi connectivity index (χ2n) is 7.56. The minimum Gasteiger partial charge on any atom is -0.355 e. The number of nitrogens with zero attached hydrogens (tertiary/aromatic N) is 5. The van der Waals surface area contributed by atoms with Crippen molar-refractivity contribution in [1.82, 2.24) is 20.0 Å². The SMILES string of the molecule is CCc1noc(-c2cccnc2N2CCCN(Cc3cccc(C(F)(F)F)c3)CC2)n1. The van der Waals surface area contributed by atoms with Gasteiger partial charge in [0, 0.05) is 45.3 Å². The van der Waals surface area contributed by atoms with E-state index in [4.69, 9.17) is 4.52 Å². The maximum atomic E-state index is 13.0. The highest BCUT2D eigenvalue weighted by molar-refractivity contribution is 5.69. The number of halogens is 3. The van der Waals surface area contributed by atoms with Gasteiger partial charge in [0.15, 0.2) is 5.82 Å². The van der Waals surface area contributed by atoms with Crippen LogP contribution in [0.1, 0.15) is 30.3 Å². The molecule has 1 fully saturated rings. The number of aryl methyl sites for hydroxylation is 1. The van der Waals surface area contributed by atoms with Crippen LogP contribution >= 0.6 is 0 Å². The van der Waals surface area contributed by atoms with Crippen LogP contribution in [-0.2, 0) is 19.1 Å². The molecule has 0 N–H and O–H groups in total. The predicted octanol–water partition coefficient (Wildman–Crippen LogP) is 4.43. The molecule has 1 aliphatic heterocycles. The highest BCUT2D eigenvalue weighted by Gasteiger charge is 2.30. The summed E-state index contributed by atoms with van der Waals surface area (Å²) in [5.41, 5.74) is 0.853. The number of anilines is 1. The third kappa shape index (κ3) is 5.04. The van der Waals surface area contributed by atoms with Crippen LogP contribution in [0.15, 0.2) is 47.1 Å². The number of aromatic nitrogens is 3. The van der Waals surface area contributed by atoms with Crippen LogP contribution in [-0.4, -0.2) is 46.2 Å². The number of alkyl halides is 3. The summed E-state index contributed by atoms with van der Waals surface area (Å²) in [6.07, 6.45) is -1.03. The molecule has 6 nitrogen and oxygen atoms in total. The van der Waals surface area contributed by atoms with Crippen molar-refractivity contribution < 1.29 is 17.7 Å². The highest BCUT2D eigenvalue weighted by Crippen LogP contribution is 2.30. The summed E-state index contributed by atoms with van der Waals surface area (Å²) in [5, 5.41) is 3.98. The van der Waals surface area contributed by atoms with Crippen molar-refractivity contribution in [3.8, 4) is 11.5 Å². The van der Waals surface area contributed by atoms with E-state index in [1.165, 1.54) is 12.1 Å². The average molecular weight is 431 g/mol. The Hall–Kier alpha value is -2.94. The topological polar surface area (TPSA) is 58.3 Å². The number of rotatable bonds is 5. The summed E-state index contributed by atoms with van der Waals surface area (Å²) in [7, 11) is 0. The van der Waals surface area contributed by atoms with Crippen molar-refractivity contribution in [3.05, 3.63) is 59.5 Å². The molecule has 4 rings (SSSR count). The first kappa shape index (κ1) is 21.3. The Balaban J connectivity index is 1.47. The maximum Gasteiger partial charge on any atom is 0.416 e. The Morgan fingerprint density at radius 3 is 2.71 bits per heavy atom. The van der Waals surface area contributed by atoms with Crippen LogP contribution in [0.25, 0.3) is 11.5 Å². The Morgan fingerprint density at radius 2 is 1.94 bits per heavy atom. The largest absolute Gasteiger partial charge is 0.416 e. The highest BCUT2D eigenvalue weighted by atomic mass is 19.4. The lowest BCUT2D eigenvalue weighted by Gasteiger charge is -2.24. The van der Waals surface area contributed by atoms with Gasteiger partial charge in [-0.3, -0.25) is 4.90 Å². The molecule has 0 saturated carbocycles. The van der Waals surface area contributed by atoms with Gasteiger partial charge in [0.25, 0.3) is 5.89 Å². The van der Waals surface area contributed by atoms with E-state index in [9.17, 15) is 13.2 Å². The number of hydrogen-bond donors (Lipinski definition) is 0. The first-order chi connectivity index (χ1) is 14.9. The van der Waals surface area contributed by atoms with E-state index in [1.54, 1.807) is 12.3 Å². The van der Waals surface area contributed by atoms with Gasteiger partial charge in [-0.2, -0.15) is 18.2 Å². The summed E-state index contributed by atoms with van der Waals surface area (Å²) in [6.45, 7) is 5.46. The number of pyridine rings is 1. The molecule has 1 aliphatic rings. The van der Waals surface area contributed by atoms with Gasteiger partial charge in [-0.25, -0.2) is 4.98 Å². The molecule has 1 saturated heterocycles. The maximum absolute atomic E-state index is 13.0. The molecule has 164 valence electrons. The third-order valence-electron chi connectivity index (χ3n) is 5.35. The summed E-state index contributed by atoms with van der Waals surface area (Å²) >= 11 is 0. The lowest BCUT2D eigenvalue weighted by atomic mass is 10.1. The zero-order chi connectivity index (χ0) is 21.8. The van der Waals surface area contributed by atoms with E-state index < -0.39 is 11.7 Å². The molecule has 0 bridgehead atoms. The minimum absolute atomic E-state index is 0.449. The summed E-state index contributed by atoms with van der Waals surface area (Å²) in [5.74, 6) is 1.88. The third-order valence-corrected chi connectivity index (χ3v) is 5.35. The standard InChI is InChI=1S/C22H24F3N5O/c1-2-19-27-21(31-28-19)18-8-4-9-26-20(18)30-11-5-10-29(12-13-30)15-16-6-3-7-17(14-16)22(23,24)25/h3-4,6-9,14H,2,5,10-13,15H2,1H3. The zero-order valence-electron chi connectivity index (χ0n) is 17.3. The lowest BCUT2D eigenvalue weighted by molar-refractivity contribution is -0.137. The second-order valence-corrected chi connectivity index (χ2v) is 7.56. The van der Waals surface area contributed by atoms with Gasteiger partial charge in [0.2, 0.25) is 0 Å². The van der Waals surface area contributed by atoms with Gasteiger partial charge in [0.05, 0.1) is 11.1 Å². The van der Waals surface area contributed by atoms with E-state index in [1.807, 2.05) is 19.1 Å². The minimum atomic E-state index is -4.33. The monoisotopic (exact) mass is 431 g/mol. The van der Waals surface area contributed by atoms with E-state index in [-0.39, 0.29) is 0 Å². The van der Waals surface area contributed by atoms with Crippen molar-refractivity contribution >= 4 is 5.82 Å². The smallest absolute Gasteiger partial charge is 0.355 e. The van der Waals surface area contributed by atoms with Crippen molar-refractivity contribution in [3.63, 3.8) is 0 Å². The Morgan fingerprint density at radius 1 is 1.06 bits per heavy atom. The molecule has 0 amide bonds. The van der Waals surface area contributed by atoms with Crippen LogP contribution in [0.4, 0.5) is 19.0 Å². The number of hydrogen-bond acceptors (Lipinski definition) is 6. The van der Waals surface area contributed by atoms with Gasteiger partial charge >= 0.3 is 6.18 Å². The summed E-state index contributed by atoms with van der Waals surface area (Å²) in [4.78, 5) is 13.3. The fraction of sp³-hybridized carbons (Fsp3) is 0.409. The van der Waals surface area contributed by atoms with Gasteiger partial charge < -0.3 is 9.42 Å². The first-order valence-corrected chi connectivity index (χ1v) is 10.4. The van der Waals surface area contributed by atoms with Gasteiger partial charge in [-0.1, -0.05) is 30.3 Å². The molecule has 0 atom stereocenters. The van der Waals surface area contributed by atoms with Gasteiger partial charge in [0.1, 0.15) is 5.82 Å². The molecule has 0 radical (unpaired) electrons. The number of benzene rings is 1. The predicted molar refractivity (Wildman–Crippen MR) is 110 cm³/mol. The molecule has 31 heavy (non-hydrogen) atoms. The van der Waals surface area contributed by atoms with Gasteiger partial charge in [-0.05, 0) is 30.2 Å². The van der Waals surface area contributed by atoms with Crippen LogP contribution in [0.2, 0.25) is 0 Å². The Kier molecular flexibility index (Phi) is 6.22. The normalized spacial score (nSPS) is 15.8. The van der Waals surface area contributed by atoms with Crippen molar-refractivity contribution in [2.45, 2.75) is 32.5 Å². The fourth-order valence-corrected chi connectivity index (χ4v) is 3.77. The van der Waals surface area contributed by atoms with Crippen LogP contribution < -0.4 is 4.90 Å². The molecule has 3 heterocycles. The van der Waals surface area contributed by atoms with E-state index >= 15 is 0 Å². The molecule has 0 spiro atoms. The van der Waals surface area contributed by atoms with Crippen LogP contribution in [0.5, 0.6) is 0 Å². The van der Waals surface area contributed by atoms with Crippen LogP contribution in [0, 0.1) is 0 Å². The van der Waals surface area contributed by atoms with Crippen LogP contribution in [0.3, 0.4) is 0 Å². The molecule has 1 aromatic carbocycles. The molecular weight excluding hydrogens is 407 g/mol.